The van der Waals surface area contributed by atoms with Crippen molar-refractivity contribution in [2.45, 2.75) is 20.3 Å². The van der Waals surface area contributed by atoms with E-state index in [-0.39, 0.29) is 11.3 Å². The van der Waals surface area contributed by atoms with Crippen LogP contribution in [0.1, 0.15) is 24.5 Å². The van der Waals surface area contributed by atoms with Crippen LogP contribution in [0.2, 0.25) is 0 Å². The van der Waals surface area contributed by atoms with Gasteiger partial charge >= 0.3 is 0 Å². The molecule has 4 rings (SSSR count). The molecule has 0 saturated carbocycles. The van der Waals surface area contributed by atoms with Crippen LogP contribution in [0.15, 0.2) is 54.6 Å². The Morgan fingerprint density at radius 2 is 1.70 bits per heavy atom. The lowest BCUT2D eigenvalue weighted by atomic mass is 9.98. The SMILES string of the molecule is CCCOc1cc(F)c(-c2cc3cc(-c4ccc(C#N)cc4C)ccc3[nH]2)c(F)c1.N#CO. The Bertz CT molecular complexity index is 1360. The highest BCUT2D eigenvalue weighted by Crippen LogP contribution is 2.33. The normalized spacial score (nSPS) is 10.1. The molecule has 0 aliphatic rings. The maximum absolute atomic E-state index is 14.7. The molecule has 4 aromatic rings. The van der Waals surface area contributed by atoms with Crippen LogP contribution in [0.4, 0.5) is 8.78 Å². The number of aryl methyl sites for hydroxylation is 1. The molecule has 33 heavy (non-hydrogen) atoms. The number of halogens is 2. The van der Waals surface area contributed by atoms with Crippen LogP contribution < -0.4 is 4.74 Å². The van der Waals surface area contributed by atoms with Crippen molar-refractivity contribution in [1.82, 2.24) is 4.98 Å². The van der Waals surface area contributed by atoms with E-state index in [4.69, 9.17) is 20.4 Å². The van der Waals surface area contributed by atoms with Crippen LogP contribution in [0.3, 0.4) is 0 Å². The number of rotatable bonds is 5. The van der Waals surface area contributed by atoms with Gasteiger partial charge in [0, 0.05) is 23.0 Å². The maximum Gasteiger partial charge on any atom is 0.283 e. The standard InChI is InChI=1S/C25H20F2N2O.CHNO/c1-3-8-30-19-12-21(26)25(22(27)13-19)24-11-18-10-17(5-7-23(18)29-24)20-6-4-16(14-28)9-15(20)2;2-1-3/h4-7,9-13,29H,3,8H2,1-2H3;3H. The molecule has 3 aromatic carbocycles. The van der Waals surface area contributed by atoms with Crippen molar-refractivity contribution in [3.8, 4) is 40.5 Å². The first-order chi connectivity index (χ1) is 15.9. The minimum atomic E-state index is -0.671. The lowest BCUT2D eigenvalue weighted by Gasteiger charge is -2.08. The zero-order valence-electron chi connectivity index (χ0n) is 18.1. The Hall–Kier alpha value is -4.36. The topological polar surface area (TPSA) is 92.8 Å². The van der Waals surface area contributed by atoms with Gasteiger partial charge in [0.25, 0.3) is 6.26 Å². The van der Waals surface area contributed by atoms with Gasteiger partial charge < -0.3 is 14.8 Å². The number of nitrogens with one attached hydrogen (secondary N) is 1. The summed E-state index contributed by atoms with van der Waals surface area (Å²) in [6, 6.07) is 17.7. The molecule has 0 unspecified atom stereocenters. The van der Waals surface area contributed by atoms with Crippen LogP contribution in [0, 0.1) is 41.4 Å². The molecule has 0 amide bonds. The highest BCUT2D eigenvalue weighted by Gasteiger charge is 2.16. The molecule has 0 fully saturated rings. The van der Waals surface area contributed by atoms with Crippen molar-refractivity contribution in [2.75, 3.05) is 6.61 Å². The third-order valence-electron chi connectivity index (χ3n) is 5.05. The van der Waals surface area contributed by atoms with E-state index in [2.05, 4.69) is 11.1 Å². The predicted octanol–water partition coefficient (Wildman–Crippen LogP) is 6.59. The molecular formula is C26H21F2N3O2. The summed E-state index contributed by atoms with van der Waals surface area (Å²) in [7, 11) is 0. The van der Waals surface area contributed by atoms with Crippen molar-refractivity contribution in [2.24, 2.45) is 0 Å². The van der Waals surface area contributed by atoms with Crippen LogP contribution >= 0.6 is 0 Å². The fourth-order valence-electron chi connectivity index (χ4n) is 3.60. The summed E-state index contributed by atoms with van der Waals surface area (Å²) in [6.07, 6.45) is 1.51. The van der Waals surface area contributed by atoms with Crippen molar-refractivity contribution in [3.05, 3.63) is 77.4 Å². The first kappa shape index (κ1) is 23.3. The monoisotopic (exact) mass is 445 g/mol. The number of aromatic nitrogens is 1. The highest BCUT2D eigenvalue weighted by atomic mass is 19.1. The molecule has 0 aliphatic carbocycles. The van der Waals surface area contributed by atoms with E-state index in [9.17, 15) is 8.78 Å². The van der Waals surface area contributed by atoms with Crippen molar-refractivity contribution >= 4 is 10.9 Å². The lowest BCUT2D eigenvalue weighted by molar-refractivity contribution is 0.314. The molecule has 0 saturated heterocycles. The van der Waals surface area contributed by atoms with Gasteiger partial charge in [0.15, 0.2) is 0 Å². The number of nitrogens with zero attached hydrogens (tertiary/aromatic N) is 2. The lowest BCUT2D eigenvalue weighted by Crippen LogP contribution is -1.98. The third kappa shape index (κ3) is 5.11. The Labute approximate surface area is 190 Å². The van der Waals surface area contributed by atoms with E-state index in [0.29, 0.717) is 17.9 Å². The summed E-state index contributed by atoms with van der Waals surface area (Å²) >= 11 is 0. The van der Waals surface area contributed by atoms with E-state index in [1.54, 1.807) is 12.1 Å². The van der Waals surface area contributed by atoms with Crippen molar-refractivity contribution < 1.29 is 18.6 Å². The number of ether oxygens (including phenoxy) is 1. The minimum absolute atomic E-state index is 0.105. The van der Waals surface area contributed by atoms with Gasteiger partial charge in [-0.1, -0.05) is 19.1 Å². The fraction of sp³-hybridized carbons (Fsp3) is 0.154. The van der Waals surface area contributed by atoms with E-state index in [1.165, 1.54) is 12.1 Å². The van der Waals surface area contributed by atoms with Crippen LogP contribution in [0.5, 0.6) is 5.75 Å². The smallest absolute Gasteiger partial charge is 0.283 e. The quantitative estimate of drug-likeness (QED) is 0.339. The van der Waals surface area contributed by atoms with Gasteiger partial charge in [-0.05, 0) is 60.4 Å². The van der Waals surface area contributed by atoms with E-state index >= 15 is 0 Å². The number of hydrogen-bond donors (Lipinski definition) is 2. The minimum Gasteiger partial charge on any atom is -0.493 e. The summed E-state index contributed by atoms with van der Waals surface area (Å²) in [6.45, 7) is 4.29. The highest BCUT2D eigenvalue weighted by molar-refractivity contribution is 5.90. The molecule has 2 N–H and O–H groups in total. The van der Waals surface area contributed by atoms with Gasteiger partial charge in [0.05, 0.1) is 29.5 Å². The molecule has 7 heteroatoms. The van der Waals surface area contributed by atoms with Crippen molar-refractivity contribution in [3.63, 3.8) is 0 Å². The van der Waals surface area contributed by atoms with E-state index in [1.807, 2.05) is 44.2 Å². The third-order valence-corrected chi connectivity index (χ3v) is 5.05. The summed E-state index contributed by atoms with van der Waals surface area (Å²) in [5.41, 5.74) is 4.63. The molecule has 0 spiro atoms. The van der Waals surface area contributed by atoms with Crippen LogP contribution in [0.25, 0.3) is 33.3 Å². The number of H-pyrrole nitrogens is 1. The second-order valence-corrected chi connectivity index (χ2v) is 7.34. The maximum atomic E-state index is 14.7. The Morgan fingerprint density at radius 3 is 2.30 bits per heavy atom. The number of nitriles is 2. The summed E-state index contributed by atoms with van der Waals surface area (Å²) in [4.78, 5) is 3.10. The number of hydrogen-bond acceptors (Lipinski definition) is 4. The Balaban J connectivity index is 0.000000968. The molecule has 5 nitrogen and oxygen atoms in total. The van der Waals surface area contributed by atoms with Gasteiger partial charge in [-0.15, -0.1) is 0 Å². The first-order valence-corrected chi connectivity index (χ1v) is 10.2. The zero-order chi connectivity index (χ0) is 24.0. The molecule has 0 radical (unpaired) electrons. The molecule has 1 heterocycles. The first-order valence-electron chi connectivity index (χ1n) is 10.2. The molecular weight excluding hydrogens is 424 g/mol. The van der Waals surface area contributed by atoms with Gasteiger partial charge in [-0.25, -0.2) is 8.78 Å². The van der Waals surface area contributed by atoms with Gasteiger partial charge in [0.2, 0.25) is 0 Å². The average molecular weight is 445 g/mol. The predicted molar refractivity (Wildman–Crippen MR) is 122 cm³/mol. The largest absolute Gasteiger partial charge is 0.493 e. The van der Waals surface area contributed by atoms with E-state index in [0.717, 1.165) is 40.3 Å². The van der Waals surface area contributed by atoms with Crippen LogP contribution in [-0.2, 0) is 0 Å². The summed E-state index contributed by atoms with van der Waals surface area (Å²) in [5.74, 6) is -1.16. The fourth-order valence-corrected chi connectivity index (χ4v) is 3.60. The second-order valence-electron chi connectivity index (χ2n) is 7.34. The van der Waals surface area contributed by atoms with Gasteiger partial charge in [-0.2, -0.15) is 10.5 Å². The van der Waals surface area contributed by atoms with Crippen LogP contribution in [-0.4, -0.2) is 16.7 Å². The Morgan fingerprint density at radius 1 is 1.00 bits per heavy atom. The van der Waals surface area contributed by atoms with E-state index < -0.39 is 11.6 Å². The number of fused-ring (bicyclic) bond motifs is 1. The van der Waals surface area contributed by atoms with Crippen molar-refractivity contribution in [1.29, 1.82) is 10.5 Å². The number of benzene rings is 3. The summed E-state index contributed by atoms with van der Waals surface area (Å²) in [5, 5.41) is 23.7. The second kappa shape index (κ2) is 10.3. The zero-order valence-corrected chi connectivity index (χ0v) is 18.1. The van der Waals surface area contributed by atoms with Gasteiger partial charge in [-0.3, -0.25) is 0 Å². The van der Waals surface area contributed by atoms with Gasteiger partial charge in [0.1, 0.15) is 17.4 Å². The number of aromatic amines is 1. The molecule has 166 valence electrons. The number of aliphatic hydroxyl groups excluding tert-OH is 1. The summed E-state index contributed by atoms with van der Waals surface area (Å²) < 4.78 is 34.7. The molecule has 1 aromatic heterocycles. The molecule has 0 aliphatic heterocycles. The Kier molecular flexibility index (Phi) is 7.27. The average Bonchev–Trinajstić information content (AvgIpc) is 3.20. The number of aliphatic hydroxyl groups is 1. The molecule has 0 bridgehead atoms. The molecule has 0 atom stereocenters.